The van der Waals surface area contributed by atoms with Gasteiger partial charge in [0.05, 0.1) is 0 Å². The van der Waals surface area contributed by atoms with Crippen molar-refractivity contribution in [1.82, 2.24) is 0 Å². The molecule has 0 bridgehead atoms. The molecule has 4 radical (unpaired) electrons. The van der Waals surface area contributed by atoms with Crippen molar-refractivity contribution in [2.24, 2.45) is 0 Å². The smallest absolute Gasteiger partial charge is 0.632 e. The Balaban J connectivity index is -0.0000000720. The summed E-state index contributed by atoms with van der Waals surface area (Å²) in [7, 11) is 0. The van der Waals surface area contributed by atoms with Crippen LogP contribution in [0.3, 0.4) is 0 Å². The zero-order valence-corrected chi connectivity index (χ0v) is 4.12. The molecule has 2 amide bonds. The number of nitrogens with one attached hydrogen (secondary N) is 2. The molecule has 0 unspecified atom stereocenters. The summed E-state index contributed by atoms with van der Waals surface area (Å²) in [6, 6.07) is 0. The first-order valence-corrected chi connectivity index (χ1v) is 1.36. The Kier molecular flexibility index (Phi) is 16.9. The van der Waals surface area contributed by atoms with Crippen molar-refractivity contribution >= 4 is 12.2 Å². The molecule has 9 heavy (non-hydrogen) atoms. The van der Waals surface area contributed by atoms with Crippen LogP contribution in [0.5, 0.6) is 0 Å². The van der Waals surface area contributed by atoms with E-state index >= 15 is 0 Å². The van der Waals surface area contributed by atoms with E-state index in [0.29, 0.717) is 0 Å². The highest BCUT2D eigenvalue weighted by Crippen LogP contribution is 1.55. The van der Waals surface area contributed by atoms with Crippen molar-refractivity contribution in [2.75, 3.05) is 0 Å². The van der Waals surface area contributed by atoms with E-state index in [2.05, 4.69) is 0 Å². The zero-order chi connectivity index (χ0) is 7.15. The van der Waals surface area contributed by atoms with Crippen LogP contribution in [0.2, 0.25) is 0 Å². The lowest BCUT2D eigenvalue weighted by molar-refractivity contribution is 0.213. The number of carbonyl (C=O) groups is 2. The molecule has 0 heterocycles. The second-order valence-electron chi connectivity index (χ2n) is 0.610. The van der Waals surface area contributed by atoms with Gasteiger partial charge in [0, 0.05) is 0 Å². The normalized spacial score (nSPS) is 5.33. The summed E-state index contributed by atoms with van der Waals surface area (Å²) in [6.45, 7) is 0. The summed E-state index contributed by atoms with van der Waals surface area (Å²) in [5.41, 5.74) is 11.0. The van der Waals surface area contributed by atoms with Crippen LogP contribution in [0.15, 0.2) is 0 Å². The van der Waals surface area contributed by atoms with Gasteiger partial charge in [-0.2, -0.15) is 0 Å². The van der Waals surface area contributed by atoms with Crippen LogP contribution in [0.4, 0.5) is 9.59 Å². The maximum atomic E-state index is 8.67. The van der Waals surface area contributed by atoms with Crippen LogP contribution in [0, 0.1) is 0 Å². The summed E-state index contributed by atoms with van der Waals surface area (Å²) in [4.78, 5) is 17.3. The van der Waals surface area contributed by atoms with E-state index in [1.165, 1.54) is 0 Å². The molecule has 0 aliphatic carbocycles. The number of carboxylic acid groups (broad SMARTS) is 2. The third-order valence-corrected chi connectivity index (χ3v) is 0. The van der Waals surface area contributed by atoms with Gasteiger partial charge in [-0.25, -0.2) is 0 Å². The fraction of sp³-hybridized carbons (Fsp3) is 0. The zero-order valence-electron chi connectivity index (χ0n) is 4.12. The standard InChI is InChI=1S/2CH2NO2.O/c2*2-1(3)4;/h2*2H,(H,3,4);/q2*-1;+2. The maximum absolute atomic E-state index is 8.67. The van der Waals surface area contributed by atoms with Gasteiger partial charge < -0.3 is 21.7 Å². The molecule has 4 N–H and O–H groups in total. The molecule has 0 aromatic rings. The largest absolute Gasteiger partial charge is 2.00 e. The highest BCUT2D eigenvalue weighted by Gasteiger charge is 2.00. The van der Waals surface area contributed by atoms with Gasteiger partial charge >= 0.3 is 5.48 Å². The van der Waals surface area contributed by atoms with Crippen LogP contribution in [-0.4, -0.2) is 22.4 Å². The molecule has 0 aromatic heterocycles. The quantitative estimate of drug-likeness (QED) is 0.515. The molecule has 0 spiro atoms. The monoisotopic (exact) mass is 136 g/mol. The molecule has 7 nitrogen and oxygen atoms in total. The van der Waals surface area contributed by atoms with E-state index in [-0.39, 0.29) is 5.48 Å². The summed E-state index contributed by atoms with van der Waals surface area (Å²) in [5, 5.41) is 14.2. The maximum Gasteiger partial charge on any atom is 2.00 e. The number of rotatable bonds is 0. The van der Waals surface area contributed by atoms with Crippen molar-refractivity contribution in [2.45, 2.75) is 0 Å². The highest BCUT2D eigenvalue weighted by molar-refractivity contribution is 5.73. The predicted octanol–water partition coefficient (Wildman–Crippen LogP) is 1.31. The van der Waals surface area contributed by atoms with E-state index in [4.69, 9.17) is 31.3 Å². The van der Waals surface area contributed by atoms with Crippen LogP contribution in [0.1, 0.15) is 0 Å². The number of hydrogen-bond donors (Lipinski definition) is 2. The van der Waals surface area contributed by atoms with Gasteiger partial charge in [0.25, 0.3) is 0 Å². The van der Waals surface area contributed by atoms with Gasteiger partial charge in [-0.15, -0.1) is 0 Å². The molecule has 0 fully saturated rings. The van der Waals surface area contributed by atoms with Crippen LogP contribution in [0.25, 0.3) is 11.5 Å². The van der Waals surface area contributed by atoms with Gasteiger partial charge in [0.2, 0.25) is 12.2 Å². The fourth-order valence-electron chi connectivity index (χ4n) is 0. The second kappa shape index (κ2) is 9.71. The number of hydrogen-bond acceptors (Lipinski definition) is 2. The van der Waals surface area contributed by atoms with Crippen LogP contribution >= 0.6 is 0 Å². The lowest BCUT2D eigenvalue weighted by Crippen LogP contribution is -1.71. The number of amides is 2. The Morgan fingerprint density at radius 2 is 1.00 bits per heavy atom. The Morgan fingerprint density at radius 1 is 1.00 bits per heavy atom. The van der Waals surface area contributed by atoms with Crippen molar-refractivity contribution in [3.8, 4) is 0 Å². The average molecular weight is 136 g/mol. The second-order valence-corrected chi connectivity index (χ2v) is 0.610. The Bertz CT molecular complexity index is 71.0. The van der Waals surface area contributed by atoms with E-state index in [1.54, 1.807) is 0 Å². The van der Waals surface area contributed by atoms with Crippen molar-refractivity contribution < 1.29 is 25.3 Å². The van der Waals surface area contributed by atoms with Gasteiger partial charge in [0.15, 0.2) is 0 Å². The van der Waals surface area contributed by atoms with E-state index in [0.717, 1.165) is 0 Å². The Hall–Kier alpha value is -1.50. The molecule has 7 heteroatoms. The van der Waals surface area contributed by atoms with E-state index in [1.807, 2.05) is 0 Å². The Labute approximate surface area is 50.2 Å². The minimum Gasteiger partial charge on any atom is -0.632 e. The van der Waals surface area contributed by atoms with Gasteiger partial charge in [-0.3, -0.25) is 9.59 Å². The first-order valence-electron chi connectivity index (χ1n) is 1.36. The average Bonchev–Trinajstić information content (AvgIpc) is 1.25. The van der Waals surface area contributed by atoms with Gasteiger partial charge in [-0.05, 0) is 0 Å². The van der Waals surface area contributed by atoms with E-state index in [9.17, 15) is 0 Å². The summed E-state index contributed by atoms with van der Waals surface area (Å²) in [5.74, 6) is 0. The molecular weight excluding hydrogens is 132 g/mol. The van der Waals surface area contributed by atoms with Crippen LogP contribution < -0.4 is 0 Å². The molecular formula is C2H4N2O5. The third-order valence-electron chi connectivity index (χ3n) is 0. The van der Waals surface area contributed by atoms with Crippen LogP contribution in [-0.2, 0) is 5.48 Å². The Morgan fingerprint density at radius 3 is 1.00 bits per heavy atom. The topological polar surface area (TPSA) is 151 Å². The fourth-order valence-corrected chi connectivity index (χ4v) is 0. The minimum absolute atomic E-state index is 0. The lowest BCUT2D eigenvalue weighted by Gasteiger charge is -1.77. The van der Waals surface area contributed by atoms with E-state index < -0.39 is 12.2 Å². The predicted molar refractivity (Wildman–Crippen MR) is 25.4 cm³/mol. The molecule has 0 saturated heterocycles. The molecule has 0 rings (SSSR count). The molecule has 52 valence electrons. The third kappa shape index (κ3) is 58.5. The molecule has 0 atom stereocenters. The first-order chi connectivity index (χ1) is 3.46. The molecule has 0 aliphatic rings. The van der Waals surface area contributed by atoms with Crippen molar-refractivity contribution in [3.05, 3.63) is 11.5 Å². The summed E-state index contributed by atoms with van der Waals surface area (Å²) in [6.07, 6.45) is -3.17. The van der Waals surface area contributed by atoms with Crippen molar-refractivity contribution in [1.29, 1.82) is 0 Å². The highest BCUT2D eigenvalue weighted by atomic mass is 16.4. The minimum atomic E-state index is -1.58. The molecule has 0 aliphatic heterocycles. The first kappa shape index (κ1) is 15.6. The molecule has 0 saturated carbocycles. The van der Waals surface area contributed by atoms with Crippen molar-refractivity contribution in [3.63, 3.8) is 0 Å². The van der Waals surface area contributed by atoms with Gasteiger partial charge in [-0.1, -0.05) is 0 Å². The van der Waals surface area contributed by atoms with Gasteiger partial charge in [0.1, 0.15) is 0 Å². The SMILES string of the molecule is [NH-]C(=O)O.[NH-]C(=O)O.[O+2]. The summed E-state index contributed by atoms with van der Waals surface area (Å²) >= 11 is 0. The molecule has 0 aromatic carbocycles. The lowest BCUT2D eigenvalue weighted by atomic mass is 11.3. The summed E-state index contributed by atoms with van der Waals surface area (Å²) < 4.78 is 0.